The highest BCUT2D eigenvalue weighted by molar-refractivity contribution is 5.93. The number of aryl methyl sites for hydroxylation is 1. The van der Waals surface area contributed by atoms with Crippen molar-refractivity contribution in [1.29, 1.82) is 0 Å². The average Bonchev–Trinajstić information content (AvgIpc) is 2.30. The number of anilines is 1. The van der Waals surface area contributed by atoms with Crippen molar-refractivity contribution < 1.29 is 19.1 Å². The second-order valence-electron chi connectivity index (χ2n) is 3.14. The van der Waals surface area contributed by atoms with Gasteiger partial charge in [0.05, 0.1) is 19.8 Å². The highest BCUT2D eigenvalue weighted by atomic mass is 16.5. The number of methoxy groups -OCH3 is 2. The van der Waals surface area contributed by atoms with Crippen LogP contribution in [0.5, 0.6) is 0 Å². The Morgan fingerprint density at radius 3 is 2.44 bits per heavy atom. The molecule has 0 atom stereocenters. The van der Waals surface area contributed by atoms with Gasteiger partial charge in [0.1, 0.15) is 0 Å². The number of ether oxygens (including phenoxy) is 2. The number of hydrogen-bond donors (Lipinski definition) is 1. The molecule has 0 spiro atoms. The Labute approximate surface area is 93.4 Å². The lowest BCUT2D eigenvalue weighted by molar-refractivity contribution is 0.0600. The van der Waals surface area contributed by atoms with Gasteiger partial charge in [-0.2, -0.15) is 0 Å². The standard InChI is InChI=1S/C11H13NO4/c1-7-4-5-8(10(13)15-2)6-9(7)12-11(14)16-3/h4-6H,1-3H3,(H,12,14). The van der Waals surface area contributed by atoms with Gasteiger partial charge in [0.15, 0.2) is 0 Å². The summed E-state index contributed by atoms with van der Waals surface area (Å²) in [5.74, 6) is -0.451. The van der Waals surface area contributed by atoms with Crippen molar-refractivity contribution in [2.45, 2.75) is 6.92 Å². The maximum absolute atomic E-state index is 11.3. The van der Waals surface area contributed by atoms with E-state index < -0.39 is 12.1 Å². The molecule has 0 aliphatic carbocycles. The topological polar surface area (TPSA) is 64.6 Å². The third-order valence-electron chi connectivity index (χ3n) is 2.08. The molecular weight excluding hydrogens is 210 g/mol. The summed E-state index contributed by atoms with van der Waals surface area (Å²) in [6.07, 6.45) is -0.579. The van der Waals surface area contributed by atoms with Crippen molar-refractivity contribution in [1.82, 2.24) is 0 Å². The Hall–Kier alpha value is -2.04. The number of rotatable bonds is 2. The normalized spacial score (nSPS) is 9.44. The molecule has 0 saturated carbocycles. The summed E-state index contributed by atoms with van der Waals surface area (Å²) >= 11 is 0. The number of nitrogens with one attached hydrogen (secondary N) is 1. The van der Waals surface area contributed by atoms with Crippen LogP contribution < -0.4 is 5.32 Å². The first-order chi connectivity index (χ1) is 7.58. The van der Waals surface area contributed by atoms with Gasteiger partial charge in [0.2, 0.25) is 0 Å². The SMILES string of the molecule is COC(=O)Nc1cc(C(=O)OC)ccc1C. The van der Waals surface area contributed by atoms with Crippen molar-refractivity contribution in [2.75, 3.05) is 19.5 Å². The lowest BCUT2D eigenvalue weighted by atomic mass is 10.1. The van der Waals surface area contributed by atoms with E-state index in [2.05, 4.69) is 14.8 Å². The molecule has 1 aromatic carbocycles. The van der Waals surface area contributed by atoms with Crippen LogP contribution in [0.1, 0.15) is 15.9 Å². The van der Waals surface area contributed by atoms with Gasteiger partial charge in [-0.05, 0) is 24.6 Å². The van der Waals surface area contributed by atoms with Crippen LogP contribution in [-0.4, -0.2) is 26.3 Å². The number of esters is 1. The van der Waals surface area contributed by atoms with E-state index in [0.29, 0.717) is 11.3 Å². The number of hydrogen-bond acceptors (Lipinski definition) is 4. The summed E-state index contributed by atoms with van der Waals surface area (Å²) in [5, 5.41) is 2.51. The molecule has 0 aromatic heterocycles. The summed E-state index contributed by atoms with van der Waals surface area (Å²) in [5.41, 5.74) is 1.73. The van der Waals surface area contributed by atoms with E-state index in [-0.39, 0.29) is 0 Å². The summed E-state index contributed by atoms with van der Waals surface area (Å²) < 4.78 is 9.05. The molecular formula is C11H13NO4. The lowest BCUT2D eigenvalue weighted by Crippen LogP contribution is -2.13. The second kappa shape index (κ2) is 5.16. The van der Waals surface area contributed by atoms with Crippen molar-refractivity contribution in [3.05, 3.63) is 29.3 Å². The van der Waals surface area contributed by atoms with Gasteiger partial charge >= 0.3 is 12.1 Å². The molecule has 1 amide bonds. The van der Waals surface area contributed by atoms with E-state index in [1.807, 2.05) is 6.92 Å². The molecule has 0 aliphatic rings. The van der Waals surface area contributed by atoms with Crippen LogP contribution in [0.15, 0.2) is 18.2 Å². The summed E-state index contributed by atoms with van der Waals surface area (Å²) in [6.45, 7) is 1.81. The zero-order valence-corrected chi connectivity index (χ0v) is 9.37. The first kappa shape index (κ1) is 12.0. The van der Waals surface area contributed by atoms with E-state index >= 15 is 0 Å². The Bertz CT molecular complexity index is 414. The molecule has 0 unspecified atom stereocenters. The number of benzene rings is 1. The summed E-state index contributed by atoms with van der Waals surface area (Å²) in [4.78, 5) is 22.3. The number of amides is 1. The van der Waals surface area contributed by atoms with Crippen LogP contribution >= 0.6 is 0 Å². The van der Waals surface area contributed by atoms with E-state index in [9.17, 15) is 9.59 Å². The maximum Gasteiger partial charge on any atom is 0.411 e. The minimum absolute atomic E-state index is 0.375. The largest absolute Gasteiger partial charge is 0.465 e. The first-order valence-corrected chi connectivity index (χ1v) is 4.62. The van der Waals surface area contributed by atoms with Gasteiger partial charge in [0, 0.05) is 5.69 Å². The first-order valence-electron chi connectivity index (χ1n) is 4.62. The van der Waals surface area contributed by atoms with Gasteiger partial charge in [-0.15, -0.1) is 0 Å². The molecule has 0 saturated heterocycles. The van der Waals surface area contributed by atoms with E-state index in [1.54, 1.807) is 12.1 Å². The van der Waals surface area contributed by atoms with E-state index in [1.165, 1.54) is 20.3 Å². The Kier molecular flexibility index (Phi) is 3.88. The Morgan fingerprint density at radius 2 is 1.88 bits per heavy atom. The summed E-state index contributed by atoms with van der Waals surface area (Å²) in [6, 6.07) is 4.89. The molecule has 16 heavy (non-hydrogen) atoms. The summed E-state index contributed by atoms with van der Waals surface area (Å²) in [7, 11) is 2.57. The van der Waals surface area contributed by atoms with Gasteiger partial charge in [0.25, 0.3) is 0 Å². The number of carbonyl (C=O) groups is 2. The van der Waals surface area contributed by atoms with Crippen LogP contribution in [0.2, 0.25) is 0 Å². The average molecular weight is 223 g/mol. The molecule has 0 bridgehead atoms. The molecule has 0 heterocycles. The maximum atomic E-state index is 11.3. The molecule has 1 rings (SSSR count). The highest BCUT2D eigenvalue weighted by Gasteiger charge is 2.09. The predicted octanol–water partition coefficient (Wildman–Crippen LogP) is 1.96. The fourth-order valence-electron chi connectivity index (χ4n) is 1.16. The minimum Gasteiger partial charge on any atom is -0.465 e. The van der Waals surface area contributed by atoms with Crippen LogP contribution in [0.4, 0.5) is 10.5 Å². The quantitative estimate of drug-likeness (QED) is 0.778. The molecule has 1 N–H and O–H groups in total. The molecule has 0 radical (unpaired) electrons. The molecule has 5 heteroatoms. The molecule has 86 valence electrons. The van der Waals surface area contributed by atoms with Crippen LogP contribution in [-0.2, 0) is 9.47 Å². The van der Waals surface area contributed by atoms with Gasteiger partial charge in [-0.3, -0.25) is 5.32 Å². The number of carbonyl (C=O) groups excluding carboxylic acids is 2. The Balaban J connectivity index is 2.99. The highest BCUT2D eigenvalue weighted by Crippen LogP contribution is 2.17. The van der Waals surface area contributed by atoms with Gasteiger partial charge in [-0.25, -0.2) is 9.59 Å². The molecule has 1 aromatic rings. The molecule has 5 nitrogen and oxygen atoms in total. The fraction of sp³-hybridized carbons (Fsp3) is 0.273. The van der Waals surface area contributed by atoms with Crippen molar-refractivity contribution in [3.63, 3.8) is 0 Å². The molecule has 0 fully saturated rings. The van der Waals surface area contributed by atoms with Gasteiger partial charge in [-0.1, -0.05) is 6.07 Å². The van der Waals surface area contributed by atoms with E-state index in [4.69, 9.17) is 0 Å². The van der Waals surface area contributed by atoms with Crippen LogP contribution in [0, 0.1) is 6.92 Å². The smallest absolute Gasteiger partial charge is 0.411 e. The van der Waals surface area contributed by atoms with Crippen LogP contribution in [0.3, 0.4) is 0 Å². The minimum atomic E-state index is -0.579. The zero-order valence-electron chi connectivity index (χ0n) is 9.37. The third kappa shape index (κ3) is 2.73. The van der Waals surface area contributed by atoms with Crippen molar-refractivity contribution in [2.24, 2.45) is 0 Å². The third-order valence-corrected chi connectivity index (χ3v) is 2.08. The lowest BCUT2D eigenvalue weighted by Gasteiger charge is -2.08. The zero-order chi connectivity index (χ0) is 12.1. The van der Waals surface area contributed by atoms with E-state index in [0.717, 1.165) is 5.56 Å². The van der Waals surface area contributed by atoms with Crippen molar-refractivity contribution in [3.8, 4) is 0 Å². The monoisotopic (exact) mass is 223 g/mol. The van der Waals surface area contributed by atoms with Crippen molar-refractivity contribution >= 4 is 17.7 Å². The Morgan fingerprint density at radius 1 is 1.19 bits per heavy atom. The molecule has 0 aliphatic heterocycles. The van der Waals surface area contributed by atoms with Gasteiger partial charge < -0.3 is 9.47 Å². The predicted molar refractivity (Wildman–Crippen MR) is 58.5 cm³/mol. The second-order valence-corrected chi connectivity index (χ2v) is 3.14. The van der Waals surface area contributed by atoms with Crippen LogP contribution in [0.25, 0.3) is 0 Å². The fourth-order valence-corrected chi connectivity index (χ4v) is 1.16.